The van der Waals surface area contributed by atoms with Crippen LogP contribution in [-0.4, -0.2) is 5.84 Å². The molecule has 0 bridgehead atoms. The summed E-state index contributed by atoms with van der Waals surface area (Å²) in [5.74, 6) is 0.358. The van der Waals surface area contributed by atoms with Crippen LogP contribution in [-0.2, 0) is 6.42 Å². The van der Waals surface area contributed by atoms with Crippen LogP contribution in [0, 0.1) is 10.8 Å². The zero-order chi connectivity index (χ0) is 9.31. The lowest BCUT2D eigenvalue weighted by Crippen LogP contribution is -2.25. The second-order valence-corrected chi connectivity index (χ2v) is 3.86. The highest BCUT2D eigenvalue weighted by Gasteiger charge is 2.45. The maximum absolute atomic E-state index is 7.49. The lowest BCUT2D eigenvalue weighted by atomic mass is 9.96. The molecule has 3 N–H and O–H groups in total. The van der Waals surface area contributed by atoms with Crippen molar-refractivity contribution >= 4 is 5.84 Å². The first-order chi connectivity index (χ1) is 6.23. The first-order valence-corrected chi connectivity index (χ1v) is 4.61. The molecule has 1 aliphatic rings. The quantitative estimate of drug-likeness (QED) is 0.534. The van der Waals surface area contributed by atoms with Gasteiger partial charge in [-0.3, -0.25) is 5.41 Å². The molecule has 0 aromatic heterocycles. The molecule has 0 heterocycles. The van der Waals surface area contributed by atoms with Crippen molar-refractivity contribution < 1.29 is 0 Å². The Kier molecular flexibility index (Phi) is 1.83. The molecule has 0 radical (unpaired) electrons. The van der Waals surface area contributed by atoms with Crippen molar-refractivity contribution in [2.45, 2.75) is 19.3 Å². The van der Waals surface area contributed by atoms with E-state index in [-0.39, 0.29) is 5.41 Å². The van der Waals surface area contributed by atoms with Crippen molar-refractivity contribution in [3.63, 3.8) is 0 Å². The maximum Gasteiger partial charge on any atom is 0.0972 e. The monoisotopic (exact) mass is 174 g/mol. The van der Waals surface area contributed by atoms with Gasteiger partial charge in [-0.1, -0.05) is 30.3 Å². The highest BCUT2D eigenvalue weighted by atomic mass is 14.8. The van der Waals surface area contributed by atoms with E-state index >= 15 is 0 Å². The Morgan fingerprint density at radius 2 is 1.92 bits per heavy atom. The zero-order valence-electron chi connectivity index (χ0n) is 7.59. The van der Waals surface area contributed by atoms with Gasteiger partial charge in [0.1, 0.15) is 0 Å². The number of hydrogen-bond donors (Lipinski definition) is 2. The molecule has 2 nitrogen and oxygen atoms in total. The molecule has 1 aromatic rings. The van der Waals surface area contributed by atoms with Crippen molar-refractivity contribution in [2.75, 3.05) is 0 Å². The average molecular weight is 174 g/mol. The van der Waals surface area contributed by atoms with Gasteiger partial charge in [0.25, 0.3) is 0 Å². The summed E-state index contributed by atoms with van der Waals surface area (Å²) in [6, 6.07) is 10.3. The second kappa shape index (κ2) is 2.87. The smallest absolute Gasteiger partial charge is 0.0972 e. The van der Waals surface area contributed by atoms with Crippen molar-refractivity contribution in [2.24, 2.45) is 11.1 Å². The molecule has 1 aliphatic carbocycles. The van der Waals surface area contributed by atoms with Crippen LogP contribution in [0.25, 0.3) is 0 Å². The van der Waals surface area contributed by atoms with E-state index < -0.39 is 0 Å². The number of rotatable bonds is 3. The minimum Gasteiger partial charge on any atom is -0.387 e. The molecule has 1 aromatic carbocycles. The number of benzene rings is 1. The summed E-state index contributed by atoms with van der Waals surface area (Å²) in [6.45, 7) is 0. The van der Waals surface area contributed by atoms with E-state index in [1.165, 1.54) is 5.56 Å². The van der Waals surface area contributed by atoms with E-state index in [0.717, 1.165) is 19.3 Å². The van der Waals surface area contributed by atoms with Crippen LogP contribution in [0.1, 0.15) is 18.4 Å². The van der Waals surface area contributed by atoms with E-state index in [0.29, 0.717) is 5.84 Å². The van der Waals surface area contributed by atoms with Gasteiger partial charge < -0.3 is 5.73 Å². The Bertz CT molecular complexity index is 312. The summed E-state index contributed by atoms with van der Waals surface area (Å²) in [5, 5.41) is 7.49. The first kappa shape index (κ1) is 8.30. The molecular formula is C11H14N2. The number of amidine groups is 1. The molecule has 1 fully saturated rings. The van der Waals surface area contributed by atoms with E-state index in [4.69, 9.17) is 11.1 Å². The minimum atomic E-state index is 0.0152. The molecular weight excluding hydrogens is 160 g/mol. The third kappa shape index (κ3) is 1.57. The molecule has 0 atom stereocenters. The maximum atomic E-state index is 7.49. The lowest BCUT2D eigenvalue weighted by molar-refractivity contribution is 0.683. The van der Waals surface area contributed by atoms with Crippen LogP contribution in [0.5, 0.6) is 0 Å². The summed E-state index contributed by atoms with van der Waals surface area (Å²) in [5.41, 5.74) is 6.87. The molecule has 0 spiro atoms. The van der Waals surface area contributed by atoms with Crippen LogP contribution in [0.15, 0.2) is 30.3 Å². The molecule has 0 amide bonds. The summed E-state index contributed by atoms with van der Waals surface area (Å²) in [7, 11) is 0. The third-order valence-electron chi connectivity index (χ3n) is 2.81. The summed E-state index contributed by atoms with van der Waals surface area (Å²) in [4.78, 5) is 0. The predicted molar refractivity (Wildman–Crippen MR) is 53.7 cm³/mol. The summed E-state index contributed by atoms with van der Waals surface area (Å²) >= 11 is 0. The third-order valence-corrected chi connectivity index (χ3v) is 2.81. The SMILES string of the molecule is N=C(N)C1(Cc2ccccc2)CC1. The second-order valence-electron chi connectivity index (χ2n) is 3.86. The van der Waals surface area contributed by atoms with Crippen molar-refractivity contribution in [1.82, 2.24) is 0 Å². The van der Waals surface area contributed by atoms with Gasteiger partial charge in [0.05, 0.1) is 5.84 Å². The van der Waals surface area contributed by atoms with E-state index in [1.807, 2.05) is 18.2 Å². The Balaban J connectivity index is 2.11. The number of hydrogen-bond acceptors (Lipinski definition) is 1. The molecule has 0 unspecified atom stereocenters. The van der Waals surface area contributed by atoms with Crippen molar-refractivity contribution in [1.29, 1.82) is 5.41 Å². The summed E-state index contributed by atoms with van der Waals surface area (Å²) < 4.78 is 0. The van der Waals surface area contributed by atoms with Crippen molar-refractivity contribution in [3.8, 4) is 0 Å². The van der Waals surface area contributed by atoms with Gasteiger partial charge in [-0.05, 0) is 24.8 Å². The van der Waals surface area contributed by atoms with Gasteiger partial charge >= 0.3 is 0 Å². The van der Waals surface area contributed by atoms with Crippen molar-refractivity contribution in [3.05, 3.63) is 35.9 Å². The fourth-order valence-corrected chi connectivity index (χ4v) is 1.68. The fourth-order valence-electron chi connectivity index (χ4n) is 1.68. The topological polar surface area (TPSA) is 49.9 Å². The molecule has 2 rings (SSSR count). The number of nitrogens with one attached hydrogen (secondary N) is 1. The predicted octanol–water partition coefficient (Wildman–Crippen LogP) is 1.95. The summed E-state index contributed by atoms with van der Waals surface area (Å²) in [6.07, 6.45) is 3.09. The van der Waals surface area contributed by atoms with Gasteiger partial charge in [-0.2, -0.15) is 0 Å². The molecule has 13 heavy (non-hydrogen) atoms. The Morgan fingerprint density at radius 3 is 2.38 bits per heavy atom. The Morgan fingerprint density at radius 1 is 1.31 bits per heavy atom. The Labute approximate surface area is 78.3 Å². The van der Waals surface area contributed by atoms with Crippen LogP contribution in [0.4, 0.5) is 0 Å². The van der Waals surface area contributed by atoms with Gasteiger partial charge in [0, 0.05) is 5.41 Å². The van der Waals surface area contributed by atoms with Gasteiger partial charge in [-0.15, -0.1) is 0 Å². The van der Waals surface area contributed by atoms with Crippen LogP contribution in [0.2, 0.25) is 0 Å². The molecule has 2 heteroatoms. The van der Waals surface area contributed by atoms with E-state index in [1.54, 1.807) is 0 Å². The van der Waals surface area contributed by atoms with Crippen LogP contribution < -0.4 is 5.73 Å². The lowest BCUT2D eigenvalue weighted by Gasteiger charge is -2.12. The van der Waals surface area contributed by atoms with Crippen LogP contribution in [0.3, 0.4) is 0 Å². The van der Waals surface area contributed by atoms with Gasteiger partial charge in [0.15, 0.2) is 0 Å². The largest absolute Gasteiger partial charge is 0.387 e. The average Bonchev–Trinajstić information content (AvgIpc) is 2.87. The van der Waals surface area contributed by atoms with E-state index in [2.05, 4.69) is 12.1 Å². The van der Waals surface area contributed by atoms with Gasteiger partial charge in [-0.25, -0.2) is 0 Å². The molecule has 1 saturated carbocycles. The first-order valence-electron chi connectivity index (χ1n) is 4.61. The number of nitrogens with two attached hydrogens (primary N) is 1. The Hall–Kier alpha value is -1.31. The zero-order valence-corrected chi connectivity index (χ0v) is 7.59. The normalized spacial score (nSPS) is 18.2. The molecule has 0 aliphatic heterocycles. The molecule has 68 valence electrons. The minimum absolute atomic E-state index is 0.0152. The molecule has 0 saturated heterocycles. The fraction of sp³-hybridized carbons (Fsp3) is 0.364. The highest BCUT2D eigenvalue weighted by molar-refractivity contribution is 5.86. The standard InChI is InChI=1S/C11H14N2/c12-10(13)11(6-7-11)8-9-4-2-1-3-5-9/h1-5H,6-8H2,(H3,12,13). The van der Waals surface area contributed by atoms with Gasteiger partial charge in [0.2, 0.25) is 0 Å². The van der Waals surface area contributed by atoms with Crippen LogP contribution >= 0.6 is 0 Å². The highest BCUT2D eigenvalue weighted by Crippen LogP contribution is 2.48. The van der Waals surface area contributed by atoms with E-state index in [9.17, 15) is 0 Å².